The van der Waals surface area contributed by atoms with E-state index >= 15 is 0 Å². The van der Waals surface area contributed by atoms with Gasteiger partial charge in [-0.05, 0) is 26.2 Å². The molecule has 0 aromatic heterocycles. The summed E-state index contributed by atoms with van der Waals surface area (Å²) in [5, 5.41) is 0. The summed E-state index contributed by atoms with van der Waals surface area (Å²) in [4.78, 5) is 11.6. The van der Waals surface area contributed by atoms with Gasteiger partial charge >= 0.3 is 5.97 Å². The van der Waals surface area contributed by atoms with Crippen LogP contribution in [-0.2, 0) is 9.53 Å². The van der Waals surface area contributed by atoms with Crippen molar-refractivity contribution >= 4 is 5.97 Å². The Kier molecular flexibility index (Phi) is 3.12. The van der Waals surface area contributed by atoms with Crippen molar-refractivity contribution in [3.05, 3.63) is 12.2 Å². The first kappa shape index (κ1) is 10.3. The summed E-state index contributed by atoms with van der Waals surface area (Å²) in [6, 6.07) is 0. The van der Waals surface area contributed by atoms with Crippen molar-refractivity contribution in [1.82, 2.24) is 0 Å². The number of rotatable bonds is 3. The van der Waals surface area contributed by atoms with Gasteiger partial charge in [0.25, 0.3) is 0 Å². The Morgan fingerprint density at radius 1 is 1.46 bits per heavy atom. The van der Waals surface area contributed by atoms with Crippen LogP contribution >= 0.6 is 0 Å². The molecule has 1 aliphatic rings. The van der Waals surface area contributed by atoms with Crippen molar-refractivity contribution in [2.24, 2.45) is 5.41 Å². The third-order valence-electron chi connectivity index (χ3n) is 2.82. The van der Waals surface area contributed by atoms with Gasteiger partial charge in [-0.25, -0.2) is 0 Å². The topological polar surface area (TPSA) is 26.3 Å². The van der Waals surface area contributed by atoms with E-state index in [9.17, 15) is 4.79 Å². The lowest BCUT2D eigenvalue weighted by Crippen LogP contribution is -2.29. The number of ether oxygens (including phenoxy) is 1. The van der Waals surface area contributed by atoms with Gasteiger partial charge in [0.2, 0.25) is 0 Å². The molecule has 0 atom stereocenters. The molecule has 0 amide bonds. The maximum absolute atomic E-state index is 11.6. The Hall–Kier alpha value is -0.790. The van der Waals surface area contributed by atoms with E-state index in [2.05, 4.69) is 6.58 Å². The van der Waals surface area contributed by atoms with Crippen molar-refractivity contribution in [1.29, 1.82) is 0 Å². The predicted octanol–water partition coefficient (Wildman–Crippen LogP) is 2.69. The second-order valence-corrected chi connectivity index (χ2v) is 4.11. The minimum atomic E-state index is -0.236. The molecule has 1 fully saturated rings. The summed E-state index contributed by atoms with van der Waals surface area (Å²) in [6.07, 6.45) is 5.00. The molecule has 1 saturated carbocycles. The van der Waals surface area contributed by atoms with Crippen molar-refractivity contribution < 1.29 is 9.53 Å². The molecule has 0 radical (unpaired) electrons. The van der Waals surface area contributed by atoms with E-state index in [1.165, 1.54) is 7.11 Å². The fourth-order valence-corrected chi connectivity index (χ4v) is 2.30. The Balaban J connectivity index is 2.74. The van der Waals surface area contributed by atoms with Crippen LogP contribution in [-0.4, -0.2) is 13.1 Å². The zero-order valence-electron chi connectivity index (χ0n) is 8.56. The highest BCUT2D eigenvalue weighted by Crippen LogP contribution is 2.43. The van der Waals surface area contributed by atoms with E-state index in [0.717, 1.165) is 37.7 Å². The van der Waals surface area contributed by atoms with E-state index in [-0.39, 0.29) is 11.4 Å². The smallest absolute Gasteiger partial charge is 0.312 e. The first-order valence-electron chi connectivity index (χ1n) is 4.83. The van der Waals surface area contributed by atoms with Gasteiger partial charge in [0.1, 0.15) is 0 Å². The predicted molar refractivity (Wildman–Crippen MR) is 52.3 cm³/mol. The number of carbonyl (C=O) groups excluding carboxylic acids is 1. The molecule has 0 spiro atoms. The molecular weight excluding hydrogens is 164 g/mol. The Labute approximate surface area is 80.0 Å². The van der Waals surface area contributed by atoms with E-state index in [4.69, 9.17) is 4.74 Å². The second-order valence-electron chi connectivity index (χ2n) is 4.11. The van der Waals surface area contributed by atoms with Crippen LogP contribution in [0.5, 0.6) is 0 Å². The molecule has 74 valence electrons. The average Bonchev–Trinajstić information content (AvgIpc) is 2.51. The molecule has 2 nitrogen and oxygen atoms in total. The molecule has 2 heteroatoms. The maximum Gasteiger partial charge on any atom is 0.312 e. The van der Waals surface area contributed by atoms with Gasteiger partial charge in [-0.1, -0.05) is 18.4 Å². The van der Waals surface area contributed by atoms with Gasteiger partial charge in [-0.2, -0.15) is 0 Å². The number of esters is 1. The van der Waals surface area contributed by atoms with Crippen LogP contribution in [0.15, 0.2) is 12.2 Å². The van der Waals surface area contributed by atoms with Crippen LogP contribution < -0.4 is 0 Å². The highest BCUT2D eigenvalue weighted by molar-refractivity contribution is 5.77. The van der Waals surface area contributed by atoms with Crippen LogP contribution in [0.4, 0.5) is 0 Å². The lowest BCUT2D eigenvalue weighted by atomic mass is 9.80. The fourth-order valence-electron chi connectivity index (χ4n) is 2.30. The second kappa shape index (κ2) is 3.95. The van der Waals surface area contributed by atoms with Gasteiger partial charge in [0.05, 0.1) is 12.5 Å². The summed E-state index contributed by atoms with van der Waals surface area (Å²) in [6.45, 7) is 5.85. The summed E-state index contributed by atoms with van der Waals surface area (Å²) in [5.41, 5.74) is 0.841. The average molecular weight is 182 g/mol. The fraction of sp³-hybridized carbons (Fsp3) is 0.727. The number of allylic oxidation sites excluding steroid dienone is 1. The molecule has 0 aromatic carbocycles. The summed E-state index contributed by atoms with van der Waals surface area (Å²) >= 11 is 0. The molecule has 0 aromatic rings. The Morgan fingerprint density at radius 3 is 2.38 bits per heavy atom. The van der Waals surface area contributed by atoms with Crippen molar-refractivity contribution in [2.45, 2.75) is 39.0 Å². The number of methoxy groups -OCH3 is 1. The van der Waals surface area contributed by atoms with Gasteiger partial charge in [0, 0.05) is 0 Å². The lowest BCUT2D eigenvalue weighted by Gasteiger charge is -2.25. The quantitative estimate of drug-likeness (QED) is 0.495. The third kappa shape index (κ3) is 2.11. The zero-order valence-corrected chi connectivity index (χ0v) is 8.56. The lowest BCUT2D eigenvalue weighted by molar-refractivity contribution is -0.152. The van der Waals surface area contributed by atoms with Crippen LogP contribution in [0.2, 0.25) is 0 Å². The normalized spacial score (nSPS) is 19.8. The third-order valence-corrected chi connectivity index (χ3v) is 2.82. The van der Waals surface area contributed by atoms with E-state index in [0.29, 0.717) is 0 Å². The maximum atomic E-state index is 11.6. The first-order chi connectivity index (χ1) is 6.10. The molecule has 0 saturated heterocycles. The minimum absolute atomic E-state index is 0.0481. The number of hydrogen-bond donors (Lipinski definition) is 0. The molecule has 1 rings (SSSR count). The number of hydrogen-bond acceptors (Lipinski definition) is 2. The monoisotopic (exact) mass is 182 g/mol. The highest BCUT2D eigenvalue weighted by atomic mass is 16.5. The Bertz CT molecular complexity index is 212. The largest absolute Gasteiger partial charge is 0.469 e. The number of carbonyl (C=O) groups is 1. The minimum Gasteiger partial charge on any atom is -0.469 e. The standard InChI is InChI=1S/C11H18O2/c1-9(2)8-11(10(12)13-3)6-4-5-7-11/h1,4-8H2,2-3H3. The van der Waals surface area contributed by atoms with E-state index in [1.54, 1.807) is 0 Å². The molecule has 0 heterocycles. The van der Waals surface area contributed by atoms with Gasteiger partial charge in [-0.3, -0.25) is 4.79 Å². The van der Waals surface area contributed by atoms with Crippen LogP contribution in [0, 0.1) is 5.41 Å². The molecule has 0 unspecified atom stereocenters. The Morgan fingerprint density at radius 2 is 2.00 bits per heavy atom. The first-order valence-corrected chi connectivity index (χ1v) is 4.83. The molecule has 13 heavy (non-hydrogen) atoms. The van der Waals surface area contributed by atoms with Crippen molar-refractivity contribution in [3.63, 3.8) is 0 Å². The zero-order chi connectivity index (χ0) is 9.90. The molecule has 0 aliphatic heterocycles. The SMILES string of the molecule is C=C(C)CC1(C(=O)OC)CCCC1. The van der Waals surface area contributed by atoms with Gasteiger partial charge in [0.15, 0.2) is 0 Å². The van der Waals surface area contributed by atoms with E-state index in [1.807, 2.05) is 6.92 Å². The molecule has 0 N–H and O–H groups in total. The van der Waals surface area contributed by atoms with Gasteiger partial charge < -0.3 is 4.74 Å². The summed E-state index contributed by atoms with van der Waals surface area (Å²) < 4.78 is 4.86. The van der Waals surface area contributed by atoms with E-state index < -0.39 is 0 Å². The van der Waals surface area contributed by atoms with Crippen LogP contribution in [0.3, 0.4) is 0 Å². The summed E-state index contributed by atoms with van der Waals surface area (Å²) in [7, 11) is 1.47. The summed E-state index contributed by atoms with van der Waals surface area (Å²) in [5.74, 6) is -0.0481. The molecule has 0 bridgehead atoms. The highest BCUT2D eigenvalue weighted by Gasteiger charge is 2.41. The molecular formula is C11H18O2. The molecule has 1 aliphatic carbocycles. The van der Waals surface area contributed by atoms with Crippen LogP contribution in [0.1, 0.15) is 39.0 Å². The van der Waals surface area contributed by atoms with Crippen molar-refractivity contribution in [2.75, 3.05) is 7.11 Å². The van der Waals surface area contributed by atoms with Crippen LogP contribution in [0.25, 0.3) is 0 Å². The van der Waals surface area contributed by atoms with Gasteiger partial charge in [-0.15, -0.1) is 6.58 Å². The van der Waals surface area contributed by atoms with Crippen molar-refractivity contribution in [3.8, 4) is 0 Å².